The molecule has 6 nitrogen and oxygen atoms in total. The van der Waals surface area contributed by atoms with Gasteiger partial charge in [0.05, 0.1) is 17.7 Å². The molecule has 37 heavy (non-hydrogen) atoms. The summed E-state index contributed by atoms with van der Waals surface area (Å²) in [6, 6.07) is 3.55. The average molecular weight is 512 g/mol. The van der Waals surface area contributed by atoms with Gasteiger partial charge in [-0.3, -0.25) is 4.79 Å². The van der Waals surface area contributed by atoms with Crippen molar-refractivity contribution in [2.24, 2.45) is 40.4 Å². The third-order valence-electron chi connectivity index (χ3n) is 11.6. The summed E-state index contributed by atoms with van der Waals surface area (Å²) in [7, 11) is 1.83. The Morgan fingerprint density at radius 2 is 1.95 bits per heavy atom. The topological polar surface area (TPSA) is 77.2 Å². The van der Waals surface area contributed by atoms with E-state index in [9.17, 15) is 14.3 Å². The van der Waals surface area contributed by atoms with Crippen LogP contribution in [0.4, 0.5) is 4.39 Å². The van der Waals surface area contributed by atoms with Crippen molar-refractivity contribution in [2.75, 3.05) is 13.7 Å². The predicted molar refractivity (Wildman–Crippen MR) is 139 cm³/mol. The van der Waals surface area contributed by atoms with Crippen molar-refractivity contribution >= 4 is 16.8 Å². The fourth-order valence-electron chi connectivity index (χ4n) is 9.79. The van der Waals surface area contributed by atoms with Gasteiger partial charge in [0.15, 0.2) is 11.6 Å². The van der Waals surface area contributed by atoms with Gasteiger partial charge in [0, 0.05) is 13.0 Å². The zero-order valence-electron chi connectivity index (χ0n) is 22.8. The molecule has 0 bridgehead atoms. The minimum absolute atomic E-state index is 0.00225. The number of fused-ring (bicyclic) bond motifs is 6. The number of aryl methyl sites for hydroxylation is 1. The Labute approximate surface area is 219 Å². The van der Waals surface area contributed by atoms with Crippen LogP contribution in [0.2, 0.25) is 0 Å². The Kier molecular flexibility index (Phi) is 6.07. The van der Waals surface area contributed by atoms with E-state index >= 15 is 0 Å². The maximum atomic E-state index is 14.5. The normalized spacial score (nSPS) is 41.3. The highest BCUT2D eigenvalue weighted by Gasteiger charge is 2.63. The van der Waals surface area contributed by atoms with Gasteiger partial charge in [0.1, 0.15) is 12.1 Å². The number of ketones is 1. The molecule has 0 saturated heterocycles. The summed E-state index contributed by atoms with van der Waals surface area (Å²) in [5, 5.41) is 19.1. The van der Waals surface area contributed by atoms with Crippen molar-refractivity contribution in [3.05, 3.63) is 23.5 Å². The highest BCUT2D eigenvalue weighted by Crippen LogP contribution is 2.68. The van der Waals surface area contributed by atoms with Gasteiger partial charge < -0.3 is 9.84 Å². The largest absolute Gasteiger partial charge is 0.390 e. The van der Waals surface area contributed by atoms with Crippen LogP contribution < -0.4 is 0 Å². The molecule has 7 heteroatoms. The zero-order valence-corrected chi connectivity index (χ0v) is 22.8. The summed E-state index contributed by atoms with van der Waals surface area (Å²) in [5.41, 5.74) is 0.971. The van der Waals surface area contributed by atoms with E-state index in [2.05, 4.69) is 17.2 Å². The molecule has 8 atom stereocenters. The molecule has 4 aliphatic carbocycles. The second-order valence-corrected chi connectivity index (χ2v) is 13.5. The van der Waals surface area contributed by atoms with E-state index in [-0.39, 0.29) is 40.4 Å². The van der Waals surface area contributed by atoms with E-state index in [4.69, 9.17) is 4.74 Å². The summed E-state index contributed by atoms with van der Waals surface area (Å²) in [5.74, 6) is 2.17. The first-order valence-electron chi connectivity index (χ1n) is 14.3. The first kappa shape index (κ1) is 25.4. The van der Waals surface area contributed by atoms with E-state index in [1.165, 1.54) is 6.42 Å². The number of hydrogen-bond donors (Lipinski definition) is 1. The second-order valence-electron chi connectivity index (χ2n) is 13.5. The SMILES string of the molecule is COC[C@]12CC[C@@](C)(O)C[C@@H]1CC[C@H]1[C@@H]3CC[C@H](C(=O)Cn4nnc5c(F)c(C)ccc54)[C@@]3(C)CC[C@@H]12. The van der Waals surface area contributed by atoms with Crippen LogP contribution in [-0.4, -0.2) is 45.2 Å². The molecule has 0 radical (unpaired) electrons. The molecule has 0 aliphatic heterocycles. The van der Waals surface area contributed by atoms with E-state index in [0.717, 1.165) is 58.0 Å². The first-order valence-corrected chi connectivity index (χ1v) is 14.3. The van der Waals surface area contributed by atoms with Crippen LogP contribution in [0, 0.1) is 53.2 Å². The van der Waals surface area contributed by atoms with Crippen LogP contribution in [-0.2, 0) is 16.1 Å². The Hall–Kier alpha value is -1.86. The highest BCUT2D eigenvalue weighted by atomic mass is 19.1. The Bertz CT molecular complexity index is 1210. The van der Waals surface area contributed by atoms with E-state index < -0.39 is 5.60 Å². The lowest BCUT2D eigenvalue weighted by molar-refractivity contribution is -0.175. The van der Waals surface area contributed by atoms with Crippen LogP contribution in [0.3, 0.4) is 0 Å². The third kappa shape index (κ3) is 3.82. The van der Waals surface area contributed by atoms with Gasteiger partial charge in [0.2, 0.25) is 0 Å². The molecule has 1 aromatic heterocycles. The van der Waals surface area contributed by atoms with Crippen molar-refractivity contribution in [3.8, 4) is 0 Å². The molecule has 0 unspecified atom stereocenters. The molecule has 1 aromatic carbocycles. The molecule has 1 heterocycles. The number of aromatic nitrogens is 3. The van der Waals surface area contributed by atoms with Gasteiger partial charge >= 0.3 is 0 Å². The van der Waals surface area contributed by atoms with Crippen molar-refractivity contribution in [2.45, 2.75) is 90.7 Å². The standard InChI is InChI=1S/C30H42FN3O3/c1-18-5-10-24-27(26(18)31)32-33-34(24)16-25(35)23-9-8-21-20-7-6-19-15-28(2,36)13-14-30(19,17-37-4)22(20)11-12-29(21,23)3/h5,10,19-23,36H,6-9,11-17H2,1-4H3/t19-,20-,21-,22-,23+,28+,29-,30+/m0/s1. The molecule has 6 rings (SSSR count). The number of Topliss-reactive ketones (excluding diaryl/α,β-unsaturated/α-hetero) is 1. The van der Waals surface area contributed by atoms with Crippen molar-refractivity contribution in [3.63, 3.8) is 0 Å². The lowest BCUT2D eigenvalue weighted by Crippen LogP contribution is -2.58. The molecular weight excluding hydrogens is 469 g/mol. The van der Waals surface area contributed by atoms with Crippen molar-refractivity contribution in [1.82, 2.24) is 15.0 Å². The van der Waals surface area contributed by atoms with E-state index in [1.54, 1.807) is 17.7 Å². The fraction of sp³-hybridized carbons (Fsp3) is 0.767. The van der Waals surface area contributed by atoms with Gasteiger partial charge in [-0.25, -0.2) is 9.07 Å². The Balaban J connectivity index is 1.24. The van der Waals surface area contributed by atoms with Gasteiger partial charge in [-0.2, -0.15) is 0 Å². The Morgan fingerprint density at radius 1 is 1.14 bits per heavy atom. The summed E-state index contributed by atoms with van der Waals surface area (Å²) in [6.07, 6.45) is 9.37. The summed E-state index contributed by atoms with van der Waals surface area (Å²) in [6.45, 7) is 7.04. The van der Waals surface area contributed by atoms with Crippen LogP contribution >= 0.6 is 0 Å². The molecule has 202 valence electrons. The number of nitrogens with zero attached hydrogens (tertiary/aromatic N) is 3. The third-order valence-corrected chi connectivity index (χ3v) is 11.6. The maximum Gasteiger partial charge on any atom is 0.157 e. The minimum atomic E-state index is -0.560. The second kappa shape index (κ2) is 8.84. The average Bonchev–Trinajstić information content (AvgIpc) is 3.42. The van der Waals surface area contributed by atoms with Crippen LogP contribution in [0.5, 0.6) is 0 Å². The zero-order chi connectivity index (χ0) is 26.2. The first-order chi connectivity index (χ1) is 17.6. The van der Waals surface area contributed by atoms with Gasteiger partial charge in [-0.05, 0) is 118 Å². The van der Waals surface area contributed by atoms with Crippen LogP contribution in [0.1, 0.15) is 77.2 Å². The number of hydrogen-bond acceptors (Lipinski definition) is 5. The number of halogens is 1. The van der Waals surface area contributed by atoms with Gasteiger partial charge in [-0.1, -0.05) is 18.2 Å². The van der Waals surface area contributed by atoms with E-state index in [1.807, 2.05) is 20.1 Å². The molecule has 0 spiro atoms. The number of methoxy groups -OCH3 is 1. The van der Waals surface area contributed by atoms with Crippen molar-refractivity contribution < 1.29 is 19.0 Å². The van der Waals surface area contributed by atoms with Crippen LogP contribution in [0.15, 0.2) is 12.1 Å². The number of carbonyl (C=O) groups excluding carboxylic acids is 1. The minimum Gasteiger partial charge on any atom is -0.390 e. The molecule has 1 N–H and O–H groups in total. The molecule has 4 aliphatic rings. The van der Waals surface area contributed by atoms with Gasteiger partial charge in [0.25, 0.3) is 0 Å². The fourth-order valence-corrected chi connectivity index (χ4v) is 9.79. The van der Waals surface area contributed by atoms with Crippen molar-refractivity contribution in [1.29, 1.82) is 0 Å². The monoisotopic (exact) mass is 511 g/mol. The molecule has 4 saturated carbocycles. The molecule has 2 aromatic rings. The maximum absolute atomic E-state index is 14.5. The number of carbonyl (C=O) groups is 1. The summed E-state index contributed by atoms with van der Waals surface area (Å²) in [4.78, 5) is 13.8. The Morgan fingerprint density at radius 3 is 2.73 bits per heavy atom. The summed E-state index contributed by atoms with van der Waals surface area (Å²) < 4.78 is 22.0. The van der Waals surface area contributed by atoms with Crippen LogP contribution in [0.25, 0.3) is 11.0 Å². The summed E-state index contributed by atoms with van der Waals surface area (Å²) >= 11 is 0. The lowest BCUT2D eigenvalue weighted by atomic mass is 9.43. The van der Waals surface area contributed by atoms with Gasteiger partial charge in [-0.15, -0.1) is 5.10 Å². The quantitative estimate of drug-likeness (QED) is 0.575. The smallest absolute Gasteiger partial charge is 0.157 e. The number of ether oxygens (including phenoxy) is 1. The molecule has 0 amide bonds. The van der Waals surface area contributed by atoms with E-state index in [0.29, 0.717) is 34.8 Å². The highest BCUT2D eigenvalue weighted by molar-refractivity contribution is 5.84. The lowest BCUT2D eigenvalue weighted by Gasteiger charge is -2.62. The number of benzene rings is 1. The number of aliphatic hydroxyl groups is 1. The number of rotatable bonds is 5. The predicted octanol–water partition coefficient (Wildman–Crippen LogP) is 5.48. The molecular formula is C30H42FN3O3. The molecule has 4 fully saturated rings.